The fourth-order valence-corrected chi connectivity index (χ4v) is 4.82. The fraction of sp³-hybridized carbons (Fsp3) is 0.280. The second kappa shape index (κ2) is 7.75. The van der Waals surface area contributed by atoms with E-state index < -0.39 is 0 Å². The van der Waals surface area contributed by atoms with Crippen LogP contribution < -0.4 is 14.8 Å². The van der Waals surface area contributed by atoms with E-state index in [9.17, 15) is 9.90 Å². The highest BCUT2D eigenvalue weighted by molar-refractivity contribution is 6.01. The molecule has 1 aromatic heterocycles. The number of allylic oxidation sites excluding steroid dienone is 2. The van der Waals surface area contributed by atoms with Crippen molar-refractivity contribution < 1.29 is 23.9 Å². The lowest BCUT2D eigenvalue weighted by atomic mass is 9.72. The molecule has 1 aliphatic carbocycles. The molecule has 2 aromatic carbocycles. The van der Waals surface area contributed by atoms with E-state index in [0.717, 1.165) is 33.7 Å². The highest BCUT2D eigenvalue weighted by Gasteiger charge is 2.41. The van der Waals surface area contributed by atoms with Gasteiger partial charge >= 0.3 is 0 Å². The van der Waals surface area contributed by atoms with Crippen LogP contribution in [0, 0.1) is 6.92 Å². The fourth-order valence-electron chi connectivity index (χ4n) is 4.82. The summed E-state index contributed by atoms with van der Waals surface area (Å²) < 4.78 is 16.5. The Bertz CT molecular complexity index is 1230. The van der Waals surface area contributed by atoms with Gasteiger partial charge in [0.05, 0.1) is 25.5 Å². The third-order valence-electron chi connectivity index (χ3n) is 6.36. The van der Waals surface area contributed by atoms with E-state index in [1.165, 1.54) is 0 Å². The SMILES string of the molecule is COc1ccc([C@H]2C3=C(C[C@H](c4ccc(O)cc4)CC3=O)Nc3onc(C)c32)cc1OC. The van der Waals surface area contributed by atoms with Crippen LogP contribution in [0.1, 0.15) is 47.1 Å². The third kappa shape index (κ3) is 3.21. The molecule has 7 nitrogen and oxygen atoms in total. The molecular formula is C25H24N2O5. The highest BCUT2D eigenvalue weighted by Crippen LogP contribution is 2.50. The summed E-state index contributed by atoms with van der Waals surface area (Å²) in [4.78, 5) is 13.5. The minimum absolute atomic E-state index is 0.0194. The van der Waals surface area contributed by atoms with E-state index in [4.69, 9.17) is 14.0 Å². The Morgan fingerprint density at radius 2 is 1.75 bits per heavy atom. The van der Waals surface area contributed by atoms with Gasteiger partial charge in [0.2, 0.25) is 5.88 Å². The molecule has 2 heterocycles. The number of phenolic OH excluding ortho intramolecular Hbond substituents is 1. The van der Waals surface area contributed by atoms with E-state index in [2.05, 4.69) is 10.5 Å². The van der Waals surface area contributed by atoms with E-state index in [1.54, 1.807) is 26.4 Å². The summed E-state index contributed by atoms with van der Waals surface area (Å²) in [6, 6.07) is 12.8. The van der Waals surface area contributed by atoms with Crippen LogP contribution in [-0.2, 0) is 4.79 Å². The summed E-state index contributed by atoms with van der Waals surface area (Å²) in [5.41, 5.74) is 5.14. The van der Waals surface area contributed by atoms with E-state index in [-0.39, 0.29) is 23.4 Å². The number of carbonyl (C=O) groups is 1. The Hall–Kier alpha value is -3.74. The number of rotatable bonds is 4. The van der Waals surface area contributed by atoms with Gasteiger partial charge in [0.25, 0.3) is 0 Å². The smallest absolute Gasteiger partial charge is 0.233 e. The highest BCUT2D eigenvalue weighted by atomic mass is 16.5. The second-order valence-electron chi connectivity index (χ2n) is 8.20. The van der Waals surface area contributed by atoms with Gasteiger partial charge in [-0.2, -0.15) is 0 Å². The van der Waals surface area contributed by atoms with E-state index in [1.807, 2.05) is 37.3 Å². The number of benzene rings is 2. The van der Waals surface area contributed by atoms with Gasteiger partial charge in [-0.15, -0.1) is 0 Å². The molecular weight excluding hydrogens is 408 g/mol. The molecule has 2 aliphatic rings. The number of aryl methyl sites for hydroxylation is 1. The Balaban J connectivity index is 1.62. The molecule has 2 N–H and O–H groups in total. The lowest BCUT2D eigenvalue weighted by Gasteiger charge is -2.34. The van der Waals surface area contributed by atoms with Crippen molar-refractivity contribution in [2.24, 2.45) is 0 Å². The molecule has 2 atom stereocenters. The molecule has 0 saturated heterocycles. The Kier molecular flexibility index (Phi) is 4.89. The van der Waals surface area contributed by atoms with Crippen LogP contribution in [0.2, 0.25) is 0 Å². The third-order valence-corrected chi connectivity index (χ3v) is 6.36. The molecule has 0 amide bonds. The number of carbonyl (C=O) groups excluding carboxylic acids is 1. The van der Waals surface area contributed by atoms with Crippen molar-refractivity contribution in [1.29, 1.82) is 0 Å². The van der Waals surface area contributed by atoms with Gasteiger partial charge in [0.1, 0.15) is 5.75 Å². The molecule has 0 saturated carbocycles. The van der Waals surface area contributed by atoms with Gasteiger partial charge in [-0.25, -0.2) is 0 Å². The lowest BCUT2D eigenvalue weighted by molar-refractivity contribution is -0.116. The topological polar surface area (TPSA) is 93.8 Å². The average Bonchev–Trinajstić information content (AvgIpc) is 3.17. The van der Waals surface area contributed by atoms with Crippen LogP contribution in [0.5, 0.6) is 17.2 Å². The molecule has 0 radical (unpaired) electrons. The molecule has 5 rings (SSSR count). The Morgan fingerprint density at radius 1 is 1.03 bits per heavy atom. The minimum Gasteiger partial charge on any atom is -0.508 e. The predicted octanol–water partition coefficient (Wildman–Crippen LogP) is 4.66. The largest absolute Gasteiger partial charge is 0.508 e. The first-order valence-electron chi connectivity index (χ1n) is 10.5. The van der Waals surface area contributed by atoms with Crippen LogP contribution >= 0.6 is 0 Å². The van der Waals surface area contributed by atoms with Gasteiger partial charge < -0.3 is 24.4 Å². The van der Waals surface area contributed by atoms with Crippen molar-refractivity contribution in [3.05, 3.63) is 76.1 Å². The molecule has 3 aromatic rings. The summed E-state index contributed by atoms with van der Waals surface area (Å²) in [7, 11) is 3.19. The quantitative estimate of drug-likeness (QED) is 0.619. The van der Waals surface area contributed by atoms with Crippen molar-refractivity contribution in [3.8, 4) is 17.2 Å². The molecule has 7 heteroatoms. The summed E-state index contributed by atoms with van der Waals surface area (Å²) in [6.45, 7) is 1.88. The lowest BCUT2D eigenvalue weighted by Crippen LogP contribution is -2.29. The van der Waals surface area contributed by atoms with Gasteiger partial charge in [-0.3, -0.25) is 4.79 Å². The summed E-state index contributed by atoms with van der Waals surface area (Å²) >= 11 is 0. The number of fused-ring (bicyclic) bond motifs is 1. The molecule has 164 valence electrons. The normalized spacial score (nSPS) is 19.8. The molecule has 0 spiro atoms. The summed E-state index contributed by atoms with van der Waals surface area (Å²) in [6.07, 6.45) is 1.06. The molecule has 0 unspecified atom stereocenters. The number of nitrogens with zero attached hydrogens (tertiary/aromatic N) is 1. The van der Waals surface area contributed by atoms with Crippen molar-refractivity contribution >= 4 is 11.7 Å². The zero-order valence-corrected chi connectivity index (χ0v) is 18.1. The van der Waals surface area contributed by atoms with Crippen molar-refractivity contribution in [2.75, 3.05) is 19.5 Å². The van der Waals surface area contributed by atoms with Crippen molar-refractivity contribution in [1.82, 2.24) is 5.16 Å². The predicted molar refractivity (Wildman–Crippen MR) is 118 cm³/mol. The van der Waals surface area contributed by atoms with Crippen molar-refractivity contribution in [2.45, 2.75) is 31.6 Å². The minimum atomic E-state index is -0.305. The monoisotopic (exact) mass is 432 g/mol. The van der Waals surface area contributed by atoms with Gasteiger partial charge in [0, 0.05) is 23.6 Å². The van der Waals surface area contributed by atoms with Gasteiger partial charge in [-0.05, 0) is 54.7 Å². The zero-order valence-electron chi connectivity index (χ0n) is 18.1. The van der Waals surface area contributed by atoms with E-state index in [0.29, 0.717) is 30.2 Å². The molecule has 1 aliphatic heterocycles. The van der Waals surface area contributed by atoms with Crippen LogP contribution in [0.15, 0.2) is 58.3 Å². The average molecular weight is 432 g/mol. The molecule has 0 fully saturated rings. The standard InChI is InChI=1S/C25H24N2O5/c1-13-22-23(15-6-9-20(30-2)21(12-15)31-3)24-18(26-25(22)32-27-13)10-16(11-19(24)29)14-4-7-17(28)8-5-14/h4-9,12,16,23,26,28H,10-11H2,1-3H3/t16-,23+/m0/s1. The second-order valence-corrected chi connectivity index (χ2v) is 8.20. The number of hydrogen-bond acceptors (Lipinski definition) is 7. The first-order chi connectivity index (χ1) is 15.5. The number of aromatic nitrogens is 1. The van der Waals surface area contributed by atoms with Gasteiger partial charge in [0.15, 0.2) is 17.3 Å². The number of hydrogen-bond donors (Lipinski definition) is 2. The van der Waals surface area contributed by atoms with Crippen LogP contribution in [-0.4, -0.2) is 30.3 Å². The first-order valence-corrected chi connectivity index (χ1v) is 10.5. The number of nitrogens with one attached hydrogen (secondary N) is 1. The summed E-state index contributed by atoms with van der Waals surface area (Å²) in [5, 5.41) is 17.1. The number of phenols is 1. The number of ether oxygens (including phenoxy) is 2. The van der Waals surface area contributed by atoms with Gasteiger partial charge in [-0.1, -0.05) is 23.4 Å². The molecule has 32 heavy (non-hydrogen) atoms. The number of anilines is 1. The summed E-state index contributed by atoms with van der Waals surface area (Å²) in [5.74, 6) is 1.81. The first kappa shape index (κ1) is 20.2. The van der Waals surface area contributed by atoms with Crippen molar-refractivity contribution in [3.63, 3.8) is 0 Å². The number of aromatic hydroxyl groups is 1. The molecule has 0 bridgehead atoms. The van der Waals surface area contributed by atoms with Crippen LogP contribution in [0.3, 0.4) is 0 Å². The number of ketones is 1. The number of Topliss-reactive ketones (excluding diaryl/α,β-unsaturated/α-hetero) is 1. The Labute approximate surface area is 185 Å². The maximum Gasteiger partial charge on any atom is 0.233 e. The van der Waals surface area contributed by atoms with E-state index >= 15 is 0 Å². The Morgan fingerprint density at radius 3 is 2.47 bits per heavy atom. The van der Waals surface area contributed by atoms with Crippen LogP contribution in [0.4, 0.5) is 5.88 Å². The maximum absolute atomic E-state index is 13.5. The van der Waals surface area contributed by atoms with Crippen LogP contribution in [0.25, 0.3) is 0 Å². The number of methoxy groups -OCH3 is 2. The maximum atomic E-state index is 13.5. The zero-order chi connectivity index (χ0) is 22.4.